The van der Waals surface area contributed by atoms with E-state index in [0.29, 0.717) is 30.6 Å². The predicted molar refractivity (Wildman–Crippen MR) is 133 cm³/mol. The molecule has 0 saturated heterocycles. The van der Waals surface area contributed by atoms with Crippen LogP contribution >= 0.6 is 0 Å². The molecule has 9 heteroatoms. The molecule has 8 nitrogen and oxygen atoms in total. The molecule has 182 valence electrons. The third kappa shape index (κ3) is 5.84. The lowest BCUT2D eigenvalue weighted by Gasteiger charge is -2.20. The van der Waals surface area contributed by atoms with Crippen LogP contribution in [0.2, 0.25) is 0 Å². The molecule has 0 aliphatic heterocycles. The number of benzene rings is 2. The van der Waals surface area contributed by atoms with E-state index in [4.69, 9.17) is 4.74 Å². The molecule has 0 saturated carbocycles. The third-order valence-electron chi connectivity index (χ3n) is 5.50. The minimum Gasteiger partial charge on any atom is -0.494 e. The van der Waals surface area contributed by atoms with Gasteiger partial charge in [-0.2, -0.15) is 4.31 Å². The zero-order valence-corrected chi connectivity index (χ0v) is 20.6. The summed E-state index contributed by atoms with van der Waals surface area (Å²) in [5, 5.41) is 3.19. The van der Waals surface area contributed by atoms with Crippen molar-refractivity contribution in [1.29, 1.82) is 0 Å². The molecule has 1 heterocycles. The van der Waals surface area contributed by atoms with Gasteiger partial charge in [-0.25, -0.2) is 8.42 Å². The first-order chi connectivity index (χ1) is 16.3. The van der Waals surface area contributed by atoms with Gasteiger partial charge in [-0.15, -0.1) is 0 Å². The van der Waals surface area contributed by atoms with Gasteiger partial charge in [0.1, 0.15) is 5.75 Å². The molecule has 0 fully saturated rings. The van der Waals surface area contributed by atoms with E-state index in [1.807, 2.05) is 38.1 Å². The number of hydrogen-bond donors (Lipinski definition) is 2. The first kappa shape index (κ1) is 25.5. The Morgan fingerprint density at radius 1 is 1.06 bits per heavy atom. The van der Waals surface area contributed by atoms with E-state index >= 15 is 0 Å². The number of rotatable bonds is 11. The third-order valence-corrected chi connectivity index (χ3v) is 7.47. The number of pyridine rings is 1. The number of nitrogens with one attached hydrogen (secondary N) is 2. The van der Waals surface area contributed by atoms with Gasteiger partial charge < -0.3 is 15.0 Å². The molecule has 0 aliphatic carbocycles. The molecule has 2 aromatic carbocycles. The van der Waals surface area contributed by atoms with E-state index in [2.05, 4.69) is 10.3 Å². The van der Waals surface area contributed by atoms with Gasteiger partial charge in [0, 0.05) is 36.6 Å². The van der Waals surface area contributed by atoms with Crippen molar-refractivity contribution in [2.24, 2.45) is 0 Å². The molecule has 3 aromatic rings. The number of carbonyl (C=O) groups excluding carboxylic acids is 1. The van der Waals surface area contributed by atoms with Crippen molar-refractivity contribution in [2.75, 3.05) is 19.7 Å². The Balaban J connectivity index is 1.91. The number of nitrogens with zero attached hydrogens (tertiary/aromatic N) is 1. The molecule has 0 atom stereocenters. The molecule has 0 spiro atoms. The lowest BCUT2D eigenvalue weighted by Crippen LogP contribution is -2.32. The largest absolute Gasteiger partial charge is 0.494 e. The van der Waals surface area contributed by atoms with Crippen LogP contribution in [-0.4, -0.2) is 43.3 Å². The number of unbranched alkanes of at least 4 members (excludes halogenated alkanes) is 1. The summed E-state index contributed by atoms with van der Waals surface area (Å²) in [6, 6.07) is 13.0. The fraction of sp³-hybridized carbons (Fsp3) is 0.360. The zero-order valence-electron chi connectivity index (χ0n) is 19.8. The number of sulfonamides is 1. The van der Waals surface area contributed by atoms with E-state index in [9.17, 15) is 18.0 Å². The van der Waals surface area contributed by atoms with Crippen molar-refractivity contribution in [2.45, 2.75) is 45.1 Å². The number of H-pyrrole nitrogens is 1. The molecule has 3 rings (SSSR count). The highest BCUT2D eigenvalue weighted by molar-refractivity contribution is 7.89. The monoisotopic (exact) mass is 485 g/mol. The van der Waals surface area contributed by atoms with Gasteiger partial charge in [0.25, 0.3) is 5.91 Å². The van der Waals surface area contributed by atoms with E-state index in [0.717, 1.165) is 24.2 Å². The van der Waals surface area contributed by atoms with E-state index in [1.165, 1.54) is 28.6 Å². The Morgan fingerprint density at radius 2 is 1.79 bits per heavy atom. The average molecular weight is 486 g/mol. The maximum absolute atomic E-state index is 13.2. The van der Waals surface area contributed by atoms with Crippen LogP contribution in [0.25, 0.3) is 10.9 Å². The predicted octanol–water partition coefficient (Wildman–Crippen LogP) is 3.67. The van der Waals surface area contributed by atoms with Gasteiger partial charge in [0.05, 0.1) is 17.1 Å². The Morgan fingerprint density at radius 3 is 2.44 bits per heavy atom. The minimum atomic E-state index is -3.73. The van der Waals surface area contributed by atoms with E-state index in [1.54, 1.807) is 6.92 Å². The molecule has 0 aliphatic rings. The van der Waals surface area contributed by atoms with E-state index < -0.39 is 21.5 Å². The summed E-state index contributed by atoms with van der Waals surface area (Å²) in [6.45, 7) is 7.30. The molecule has 1 amide bonds. The standard InChI is InChI=1S/C25H31N3O5S/c1-4-7-14-28(5-2)34(31,32)20-12-13-23-21(15-20)22(16-24(29)27-23)25(30)26-17-18-8-10-19(11-9-18)33-6-3/h8-13,15-16H,4-7,14,17H2,1-3H3,(H,26,30)(H,27,29). The fourth-order valence-electron chi connectivity index (χ4n) is 3.66. The highest BCUT2D eigenvalue weighted by Gasteiger charge is 2.24. The summed E-state index contributed by atoms with van der Waals surface area (Å²) in [7, 11) is -3.73. The van der Waals surface area contributed by atoms with Crippen molar-refractivity contribution < 1.29 is 17.9 Å². The molecule has 0 radical (unpaired) electrons. The van der Waals surface area contributed by atoms with Crippen molar-refractivity contribution in [3.05, 3.63) is 70.0 Å². The molecule has 0 unspecified atom stereocenters. The van der Waals surface area contributed by atoms with E-state index in [-0.39, 0.29) is 17.0 Å². The lowest BCUT2D eigenvalue weighted by molar-refractivity contribution is 0.0952. The van der Waals surface area contributed by atoms with Crippen molar-refractivity contribution >= 4 is 26.8 Å². The summed E-state index contributed by atoms with van der Waals surface area (Å²) in [5.41, 5.74) is 0.948. The zero-order chi connectivity index (χ0) is 24.7. The summed E-state index contributed by atoms with van der Waals surface area (Å²) in [6.07, 6.45) is 1.64. The highest BCUT2D eigenvalue weighted by atomic mass is 32.2. The highest BCUT2D eigenvalue weighted by Crippen LogP contribution is 2.23. The maximum atomic E-state index is 13.2. The Bertz CT molecular complexity index is 1300. The molecule has 2 N–H and O–H groups in total. The van der Waals surface area contributed by atoms with Crippen LogP contribution in [0.3, 0.4) is 0 Å². The van der Waals surface area contributed by atoms with Crippen LogP contribution in [0.1, 0.15) is 49.5 Å². The summed E-state index contributed by atoms with van der Waals surface area (Å²) < 4.78 is 33.2. The smallest absolute Gasteiger partial charge is 0.252 e. The Hall–Kier alpha value is -3.17. The van der Waals surface area contributed by atoms with Crippen LogP contribution in [0, 0.1) is 0 Å². The maximum Gasteiger partial charge on any atom is 0.252 e. The normalized spacial score (nSPS) is 11.6. The van der Waals surface area contributed by atoms with Crippen LogP contribution in [0.15, 0.2) is 58.2 Å². The Labute approximate surface area is 200 Å². The van der Waals surface area contributed by atoms with Gasteiger partial charge >= 0.3 is 0 Å². The molecular formula is C25H31N3O5S. The summed E-state index contributed by atoms with van der Waals surface area (Å²) in [4.78, 5) is 27.9. The SMILES string of the molecule is CCCCN(CC)S(=O)(=O)c1ccc2[nH]c(=O)cc(C(=O)NCc3ccc(OCC)cc3)c2c1. The van der Waals surface area contributed by atoms with Gasteiger partial charge in [-0.3, -0.25) is 9.59 Å². The molecule has 1 aromatic heterocycles. The van der Waals surface area contributed by atoms with Gasteiger partial charge in [0.15, 0.2) is 0 Å². The number of amides is 1. The van der Waals surface area contributed by atoms with Gasteiger partial charge in [-0.1, -0.05) is 32.4 Å². The fourth-order valence-corrected chi connectivity index (χ4v) is 5.18. The number of fused-ring (bicyclic) bond motifs is 1. The molecule has 34 heavy (non-hydrogen) atoms. The van der Waals surface area contributed by atoms with Crippen LogP contribution in [0.4, 0.5) is 0 Å². The first-order valence-corrected chi connectivity index (χ1v) is 12.9. The molecule has 0 bridgehead atoms. The second-order valence-electron chi connectivity index (χ2n) is 7.86. The Kier molecular flexibility index (Phi) is 8.46. The number of ether oxygens (including phenoxy) is 1. The van der Waals surface area contributed by atoms with Crippen molar-refractivity contribution in [3.8, 4) is 5.75 Å². The van der Waals surface area contributed by atoms with Crippen molar-refractivity contribution in [1.82, 2.24) is 14.6 Å². The number of aromatic amines is 1. The quantitative estimate of drug-likeness (QED) is 0.431. The molecular weight excluding hydrogens is 454 g/mol. The number of carbonyl (C=O) groups is 1. The van der Waals surface area contributed by atoms with Crippen LogP contribution < -0.4 is 15.6 Å². The van der Waals surface area contributed by atoms with Crippen LogP contribution in [0.5, 0.6) is 5.75 Å². The summed E-state index contributed by atoms with van der Waals surface area (Å²) >= 11 is 0. The second-order valence-corrected chi connectivity index (χ2v) is 9.80. The minimum absolute atomic E-state index is 0.0885. The lowest BCUT2D eigenvalue weighted by atomic mass is 10.1. The second kappa shape index (κ2) is 11.3. The number of hydrogen-bond acceptors (Lipinski definition) is 5. The number of aromatic nitrogens is 1. The average Bonchev–Trinajstić information content (AvgIpc) is 2.83. The van der Waals surface area contributed by atoms with Gasteiger partial charge in [0.2, 0.25) is 15.6 Å². The van der Waals surface area contributed by atoms with Crippen LogP contribution in [-0.2, 0) is 16.6 Å². The van der Waals surface area contributed by atoms with Gasteiger partial charge in [-0.05, 0) is 49.2 Å². The first-order valence-electron chi connectivity index (χ1n) is 11.5. The van der Waals surface area contributed by atoms with Crippen molar-refractivity contribution in [3.63, 3.8) is 0 Å². The topological polar surface area (TPSA) is 109 Å². The summed E-state index contributed by atoms with van der Waals surface area (Å²) in [5.74, 6) is 0.282.